The molecule has 122 valence electrons. The van der Waals surface area contributed by atoms with Gasteiger partial charge in [0.2, 0.25) is 11.9 Å². The lowest BCUT2D eigenvalue weighted by molar-refractivity contribution is -0.122. The zero-order valence-electron chi connectivity index (χ0n) is 12.9. The Morgan fingerprint density at radius 3 is 2.73 bits per heavy atom. The van der Waals surface area contributed by atoms with Crippen molar-refractivity contribution in [3.63, 3.8) is 0 Å². The second-order valence-corrected chi connectivity index (χ2v) is 5.76. The Bertz CT molecular complexity index is 484. The lowest BCUT2D eigenvalue weighted by Gasteiger charge is -2.35. The van der Waals surface area contributed by atoms with Crippen molar-refractivity contribution in [1.29, 1.82) is 0 Å². The normalized spacial score (nSPS) is 15.8. The highest BCUT2D eigenvalue weighted by atomic mass is 35.5. The van der Waals surface area contributed by atoms with Crippen molar-refractivity contribution in [3.8, 4) is 0 Å². The van der Waals surface area contributed by atoms with Gasteiger partial charge in [0.25, 0.3) is 0 Å². The summed E-state index contributed by atoms with van der Waals surface area (Å²) in [5, 5.41) is 3.29. The minimum absolute atomic E-state index is 0.0937. The molecule has 0 unspecified atom stereocenters. The monoisotopic (exact) mass is 326 g/mol. The molecule has 1 saturated heterocycles. The molecule has 0 atom stereocenters. The number of hydrogen-bond acceptors (Lipinski definition) is 6. The molecule has 0 aromatic carbocycles. The largest absolute Gasteiger partial charge is 0.368 e. The van der Waals surface area contributed by atoms with Crippen LogP contribution in [0.15, 0.2) is 6.07 Å². The number of nitrogen functional groups attached to an aromatic ring is 1. The van der Waals surface area contributed by atoms with E-state index in [-0.39, 0.29) is 11.9 Å². The minimum Gasteiger partial charge on any atom is -0.368 e. The minimum atomic E-state index is 0.0937. The van der Waals surface area contributed by atoms with Gasteiger partial charge >= 0.3 is 0 Å². The first-order valence-corrected chi connectivity index (χ1v) is 8.00. The highest BCUT2D eigenvalue weighted by Gasteiger charge is 2.20. The van der Waals surface area contributed by atoms with Crippen molar-refractivity contribution in [2.75, 3.05) is 49.9 Å². The maximum absolute atomic E-state index is 11.8. The third-order valence-electron chi connectivity index (χ3n) is 3.61. The Morgan fingerprint density at radius 2 is 2.09 bits per heavy atom. The average molecular weight is 327 g/mol. The van der Waals surface area contributed by atoms with Gasteiger partial charge in [-0.15, -0.1) is 0 Å². The molecule has 1 aromatic heterocycles. The van der Waals surface area contributed by atoms with Crippen LogP contribution in [0.5, 0.6) is 0 Å². The molecule has 0 aliphatic carbocycles. The van der Waals surface area contributed by atoms with Gasteiger partial charge in [-0.1, -0.05) is 24.9 Å². The number of nitrogens with one attached hydrogen (secondary N) is 1. The highest BCUT2D eigenvalue weighted by Crippen LogP contribution is 2.18. The topological polar surface area (TPSA) is 87.4 Å². The number of nitrogens with zero attached hydrogens (tertiary/aromatic N) is 4. The molecule has 0 radical (unpaired) electrons. The van der Waals surface area contributed by atoms with E-state index in [9.17, 15) is 4.79 Å². The van der Waals surface area contributed by atoms with Crippen molar-refractivity contribution < 1.29 is 4.79 Å². The molecule has 1 aliphatic heterocycles. The van der Waals surface area contributed by atoms with Gasteiger partial charge in [-0.25, -0.2) is 4.98 Å². The summed E-state index contributed by atoms with van der Waals surface area (Å²) in [7, 11) is 0. The van der Waals surface area contributed by atoms with E-state index in [4.69, 9.17) is 17.3 Å². The summed E-state index contributed by atoms with van der Waals surface area (Å²) in [6.45, 7) is 6.51. The van der Waals surface area contributed by atoms with Crippen LogP contribution in [0, 0.1) is 0 Å². The first kappa shape index (κ1) is 16.8. The molecule has 1 aliphatic rings. The van der Waals surface area contributed by atoms with Crippen LogP contribution in [0.25, 0.3) is 0 Å². The van der Waals surface area contributed by atoms with E-state index >= 15 is 0 Å². The van der Waals surface area contributed by atoms with Crippen LogP contribution in [0.4, 0.5) is 11.8 Å². The summed E-state index contributed by atoms with van der Waals surface area (Å²) < 4.78 is 0. The van der Waals surface area contributed by atoms with Crippen LogP contribution >= 0.6 is 11.6 Å². The summed E-state index contributed by atoms with van der Waals surface area (Å²) in [5.41, 5.74) is 5.62. The Kier molecular flexibility index (Phi) is 6.21. The smallest absolute Gasteiger partial charge is 0.234 e. The van der Waals surface area contributed by atoms with E-state index in [0.717, 1.165) is 51.4 Å². The van der Waals surface area contributed by atoms with Gasteiger partial charge in [-0.3, -0.25) is 9.69 Å². The number of carbonyl (C=O) groups is 1. The van der Waals surface area contributed by atoms with E-state index in [1.54, 1.807) is 6.07 Å². The molecule has 2 rings (SSSR count). The Balaban J connectivity index is 1.79. The fourth-order valence-electron chi connectivity index (χ4n) is 2.38. The third kappa shape index (κ3) is 4.99. The predicted molar refractivity (Wildman–Crippen MR) is 88.0 cm³/mol. The molecule has 7 nitrogen and oxygen atoms in total. The number of aromatic nitrogens is 2. The fraction of sp³-hybridized carbons (Fsp3) is 0.643. The second-order valence-electron chi connectivity index (χ2n) is 5.37. The highest BCUT2D eigenvalue weighted by molar-refractivity contribution is 6.29. The maximum Gasteiger partial charge on any atom is 0.234 e. The average Bonchev–Trinajstić information content (AvgIpc) is 2.47. The van der Waals surface area contributed by atoms with Crippen molar-refractivity contribution in [3.05, 3.63) is 11.2 Å². The Labute approximate surface area is 135 Å². The van der Waals surface area contributed by atoms with Crippen LogP contribution < -0.4 is 16.0 Å². The molecule has 8 heteroatoms. The number of anilines is 2. The molecule has 1 aromatic rings. The third-order valence-corrected chi connectivity index (χ3v) is 3.81. The number of unbranched alkanes of at least 4 members (excludes halogenated alkanes) is 1. The zero-order valence-corrected chi connectivity index (χ0v) is 13.6. The van der Waals surface area contributed by atoms with Gasteiger partial charge in [0.1, 0.15) is 11.0 Å². The SMILES string of the molecule is CCCCNC(=O)CN1CCN(c2cc(Cl)nc(N)n2)CC1. The number of nitrogens with two attached hydrogens (primary N) is 1. The van der Waals surface area contributed by atoms with Gasteiger partial charge in [0.05, 0.1) is 6.54 Å². The lowest BCUT2D eigenvalue weighted by atomic mass is 10.3. The van der Waals surface area contributed by atoms with Crippen LogP contribution in [0.2, 0.25) is 5.15 Å². The molecule has 0 spiro atoms. The van der Waals surface area contributed by atoms with E-state index in [1.807, 2.05) is 0 Å². The van der Waals surface area contributed by atoms with Crippen LogP contribution in [0.3, 0.4) is 0 Å². The number of amides is 1. The van der Waals surface area contributed by atoms with Crippen LogP contribution in [-0.2, 0) is 4.79 Å². The summed E-state index contributed by atoms with van der Waals surface area (Å²) in [4.78, 5) is 24.1. The van der Waals surface area contributed by atoms with E-state index in [1.165, 1.54) is 0 Å². The summed E-state index contributed by atoms with van der Waals surface area (Å²) in [6, 6.07) is 1.71. The van der Waals surface area contributed by atoms with Gasteiger partial charge in [0.15, 0.2) is 0 Å². The maximum atomic E-state index is 11.8. The fourth-order valence-corrected chi connectivity index (χ4v) is 2.57. The van der Waals surface area contributed by atoms with E-state index < -0.39 is 0 Å². The number of rotatable bonds is 6. The zero-order chi connectivity index (χ0) is 15.9. The van der Waals surface area contributed by atoms with Crippen molar-refractivity contribution in [2.24, 2.45) is 0 Å². The Morgan fingerprint density at radius 1 is 1.36 bits per heavy atom. The summed E-state index contributed by atoms with van der Waals surface area (Å²) >= 11 is 5.91. The van der Waals surface area contributed by atoms with Crippen molar-refractivity contribution >= 4 is 29.3 Å². The standard InChI is InChI=1S/C14H23ClN6O/c1-2-3-4-17-13(22)10-20-5-7-21(8-6-20)12-9-11(15)18-14(16)19-12/h9H,2-8,10H2,1H3,(H,17,22)(H2,16,18,19). The quantitative estimate of drug-likeness (QED) is 0.592. The number of halogens is 1. The van der Waals surface area contributed by atoms with Crippen molar-refractivity contribution in [1.82, 2.24) is 20.2 Å². The summed E-state index contributed by atoms with van der Waals surface area (Å²) in [6.07, 6.45) is 2.11. The number of piperazine rings is 1. The van der Waals surface area contributed by atoms with Gasteiger partial charge in [-0.2, -0.15) is 4.98 Å². The Hall–Kier alpha value is -1.60. The molecule has 0 bridgehead atoms. The molecular formula is C14H23ClN6O. The molecule has 1 amide bonds. The van der Waals surface area contributed by atoms with Crippen LogP contribution in [0.1, 0.15) is 19.8 Å². The summed E-state index contributed by atoms with van der Waals surface area (Å²) in [5.74, 6) is 1.01. The van der Waals surface area contributed by atoms with Crippen LogP contribution in [-0.4, -0.2) is 60.0 Å². The molecular weight excluding hydrogens is 304 g/mol. The molecule has 22 heavy (non-hydrogen) atoms. The first-order chi connectivity index (χ1) is 10.6. The van der Waals surface area contributed by atoms with Crippen molar-refractivity contribution in [2.45, 2.75) is 19.8 Å². The second kappa shape index (κ2) is 8.14. The molecule has 1 fully saturated rings. The first-order valence-electron chi connectivity index (χ1n) is 7.62. The lowest BCUT2D eigenvalue weighted by Crippen LogP contribution is -2.49. The molecule has 3 N–H and O–H groups in total. The van der Waals surface area contributed by atoms with E-state index in [2.05, 4.69) is 32.0 Å². The predicted octanol–water partition coefficient (Wildman–Crippen LogP) is 0.751. The van der Waals surface area contributed by atoms with E-state index in [0.29, 0.717) is 11.7 Å². The van der Waals surface area contributed by atoms with Gasteiger partial charge < -0.3 is 16.0 Å². The number of carbonyl (C=O) groups excluding carboxylic acids is 1. The van der Waals surface area contributed by atoms with Gasteiger partial charge in [0, 0.05) is 38.8 Å². The van der Waals surface area contributed by atoms with Gasteiger partial charge in [-0.05, 0) is 6.42 Å². The number of hydrogen-bond donors (Lipinski definition) is 2. The molecule has 2 heterocycles. The molecule has 0 saturated carbocycles.